The molecule has 0 spiro atoms. The first-order valence-corrected chi connectivity index (χ1v) is 4.21. The Hall–Kier alpha value is -1.23. The van der Waals surface area contributed by atoms with Crippen molar-refractivity contribution in [1.82, 2.24) is 0 Å². The van der Waals surface area contributed by atoms with Gasteiger partial charge < -0.3 is 15.3 Å². The lowest BCUT2D eigenvalue weighted by Gasteiger charge is -2.15. The molecule has 2 unspecified atom stereocenters. The Morgan fingerprint density at radius 2 is 1.79 bits per heavy atom. The van der Waals surface area contributed by atoms with Gasteiger partial charge in [0.05, 0.1) is 6.61 Å². The highest BCUT2D eigenvalue weighted by atomic mass is 16.4. The van der Waals surface area contributed by atoms with Crippen molar-refractivity contribution in [3.05, 3.63) is 35.4 Å². The maximum Gasteiger partial charge on any atom is 0.150 e. The van der Waals surface area contributed by atoms with Crippen molar-refractivity contribution in [2.45, 2.75) is 12.2 Å². The second-order valence-corrected chi connectivity index (χ2v) is 2.98. The normalized spacial score (nSPS) is 14.8. The number of hydrogen-bond acceptors (Lipinski definition) is 4. The third-order valence-electron chi connectivity index (χ3n) is 1.97. The minimum atomic E-state index is -1.20. The Morgan fingerprint density at radius 1 is 1.21 bits per heavy atom. The molecule has 4 nitrogen and oxygen atoms in total. The lowest BCUT2D eigenvalue weighted by molar-refractivity contribution is -0.0152. The number of carbonyl (C=O) groups excluding carboxylic acids is 1. The Balaban J connectivity index is 2.80. The van der Waals surface area contributed by atoms with Gasteiger partial charge in [0, 0.05) is 5.56 Å². The summed E-state index contributed by atoms with van der Waals surface area (Å²) in [6.07, 6.45) is -1.63. The van der Waals surface area contributed by atoms with Crippen LogP contribution in [-0.4, -0.2) is 34.3 Å². The van der Waals surface area contributed by atoms with Crippen LogP contribution in [0.5, 0.6) is 0 Å². The van der Waals surface area contributed by atoms with E-state index >= 15 is 0 Å². The molecular formula is C10H12O4. The fourth-order valence-electron chi connectivity index (χ4n) is 1.09. The van der Waals surface area contributed by atoms with Crippen molar-refractivity contribution in [1.29, 1.82) is 0 Å². The Morgan fingerprint density at radius 3 is 2.21 bits per heavy atom. The lowest BCUT2D eigenvalue weighted by Crippen LogP contribution is -2.21. The van der Waals surface area contributed by atoms with Crippen LogP contribution in [0, 0.1) is 0 Å². The fraction of sp³-hybridized carbons (Fsp3) is 0.300. The number of benzene rings is 1. The summed E-state index contributed by atoms with van der Waals surface area (Å²) in [5.41, 5.74) is 0.969. The first kappa shape index (κ1) is 10.8. The van der Waals surface area contributed by atoms with E-state index in [4.69, 9.17) is 10.2 Å². The number of aliphatic hydroxyl groups is 3. The van der Waals surface area contributed by atoms with E-state index in [1.54, 1.807) is 0 Å². The predicted molar refractivity (Wildman–Crippen MR) is 49.9 cm³/mol. The van der Waals surface area contributed by atoms with Crippen molar-refractivity contribution in [2.24, 2.45) is 0 Å². The monoisotopic (exact) mass is 196 g/mol. The number of aldehydes is 1. The summed E-state index contributed by atoms with van der Waals surface area (Å²) in [6, 6.07) is 6.14. The topological polar surface area (TPSA) is 77.8 Å². The molecule has 1 aromatic rings. The molecule has 0 aliphatic heterocycles. The van der Waals surface area contributed by atoms with E-state index in [1.807, 2.05) is 0 Å². The molecule has 0 aliphatic rings. The molecule has 76 valence electrons. The highest BCUT2D eigenvalue weighted by molar-refractivity contribution is 5.74. The molecule has 0 amide bonds. The summed E-state index contributed by atoms with van der Waals surface area (Å²) in [6.45, 7) is -0.503. The Labute approximate surface area is 81.4 Å². The molecular weight excluding hydrogens is 184 g/mol. The van der Waals surface area contributed by atoms with Crippen LogP contribution in [0.2, 0.25) is 0 Å². The summed E-state index contributed by atoms with van der Waals surface area (Å²) in [5, 5.41) is 27.2. The Bertz CT molecular complexity index is 293. The van der Waals surface area contributed by atoms with Gasteiger partial charge in [0.1, 0.15) is 18.5 Å². The minimum absolute atomic E-state index is 0.470. The van der Waals surface area contributed by atoms with Gasteiger partial charge in [0.25, 0.3) is 0 Å². The third-order valence-corrected chi connectivity index (χ3v) is 1.97. The SMILES string of the molecule is O=Cc1ccc(C(O)C(O)CO)cc1. The van der Waals surface area contributed by atoms with E-state index in [0.29, 0.717) is 17.4 Å². The molecule has 14 heavy (non-hydrogen) atoms. The standard InChI is InChI=1S/C10H12O4/c11-5-7-1-3-8(4-2-7)10(14)9(13)6-12/h1-5,9-10,12-14H,6H2. The van der Waals surface area contributed by atoms with Crippen LogP contribution in [0.1, 0.15) is 22.0 Å². The highest BCUT2D eigenvalue weighted by Gasteiger charge is 2.16. The summed E-state index contributed by atoms with van der Waals surface area (Å²) in [4.78, 5) is 10.3. The van der Waals surface area contributed by atoms with Crippen LogP contribution in [0.25, 0.3) is 0 Å². The van der Waals surface area contributed by atoms with Crippen molar-refractivity contribution in [3.63, 3.8) is 0 Å². The average molecular weight is 196 g/mol. The maximum absolute atomic E-state index is 10.3. The van der Waals surface area contributed by atoms with Gasteiger partial charge in [-0.1, -0.05) is 24.3 Å². The average Bonchev–Trinajstić information content (AvgIpc) is 2.27. The molecule has 0 heterocycles. The first-order chi connectivity index (χ1) is 6.69. The van der Waals surface area contributed by atoms with Crippen LogP contribution in [0.4, 0.5) is 0 Å². The summed E-state index contributed by atoms with van der Waals surface area (Å²) in [5.74, 6) is 0. The van der Waals surface area contributed by atoms with Crippen LogP contribution in [0.15, 0.2) is 24.3 Å². The van der Waals surface area contributed by atoms with E-state index in [-0.39, 0.29) is 0 Å². The second kappa shape index (κ2) is 4.85. The van der Waals surface area contributed by atoms with Crippen molar-refractivity contribution in [3.8, 4) is 0 Å². The van der Waals surface area contributed by atoms with Gasteiger partial charge in [-0.25, -0.2) is 0 Å². The molecule has 3 N–H and O–H groups in total. The minimum Gasteiger partial charge on any atom is -0.394 e. The second-order valence-electron chi connectivity index (χ2n) is 2.98. The van der Waals surface area contributed by atoms with E-state index in [9.17, 15) is 9.90 Å². The van der Waals surface area contributed by atoms with Crippen molar-refractivity contribution < 1.29 is 20.1 Å². The molecule has 2 atom stereocenters. The molecule has 0 bridgehead atoms. The molecule has 0 radical (unpaired) electrons. The molecule has 0 saturated heterocycles. The largest absolute Gasteiger partial charge is 0.394 e. The molecule has 0 fully saturated rings. The summed E-state index contributed by atoms with van der Waals surface area (Å²) in [7, 11) is 0. The molecule has 0 saturated carbocycles. The van der Waals surface area contributed by atoms with Gasteiger partial charge >= 0.3 is 0 Å². The van der Waals surface area contributed by atoms with Crippen LogP contribution in [0.3, 0.4) is 0 Å². The van der Waals surface area contributed by atoms with E-state index in [2.05, 4.69) is 0 Å². The van der Waals surface area contributed by atoms with Crippen molar-refractivity contribution >= 4 is 6.29 Å². The van der Waals surface area contributed by atoms with E-state index in [0.717, 1.165) is 0 Å². The molecule has 4 heteroatoms. The zero-order valence-corrected chi connectivity index (χ0v) is 7.50. The Kier molecular flexibility index (Phi) is 3.76. The number of rotatable bonds is 4. The number of carbonyl (C=O) groups is 1. The third kappa shape index (κ3) is 2.38. The quantitative estimate of drug-likeness (QED) is 0.587. The highest BCUT2D eigenvalue weighted by Crippen LogP contribution is 2.16. The first-order valence-electron chi connectivity index (χ1n) is 4.21. The van der Waals surface area contributed by atoms with Gasteiger partial charge in [0.15, 0.2) is 0 Å². The maximum atomic E-state index is 10.3. The van der Waals surface area contributed by atoms with Gasteiger partial charge in [-0.15, -0.1) is 0 Å². The van der Waals surface area contributed by atoms with Gasteiger partial charge in [0.2, 0.25) is 0 Å². The van der Waals surface area contributed by atoms with Gasteiger partial charge in [-0.2, -0.15) is 0 Å². The smallest absolute Gasteiger partial charge is 0.150 e. The number of hydrogen-bond donors (Lipinski definition) is 3. The van der Waals surface area contributed by atoms with Gasteiger partial charge in [-0.3, -0.25) is 4.79 Å². The van der Waals surface area contributed by atoms with Crippen LogP contribution in [-0.2, 0) is 0 Å². The van der Waals surface area contributed by atoms with Crippen molar-refractivity contribution in [2.75, 3.05) is 6.61 Å². The molecule has 1 rings (SSSR count). The van der Waals surface area contributed by atoms with Crippen LogP contribution < -0.4 is 0 Å². The molecule has 0 aromatic heterocycles. The fourth-order valence-corrected chi connectivity index (χ4v) is 1.09. The number of aliphatic hydroxyl groups excluding tert-OH is 3. The summed E-state index contributed by atoms with van der Waals surface area (Å²) >= 11 is 0. The zero-order chi connectivity index (χ0) is 10.6. The zero-order valence-electron chi connectivity index (χ0n) is 7.50. The molecule has 0 aliphatic carbocycles. The molecule has 1 aromatic carbocycles. The van der Waals surface area contributed by atoms with E-state index < -0.39 is 18.8 Å². The summed E-state index contributed by atoms with van der Waals surface area (Å²) < 4.78 is 0. The lowest BCUT2D eigenvalue weighted by atomic mass is 10.0. The van der Waals surface area contributed by atoms with E-state index in [1.165, 1.54) is 24.3 Å². The predicted octanol–water partition coefficient (Wildman–Crippen LogP) is -0.114. The van der Waals surface area contributed by atoms with Crippen LogP contribution >= 0.6 is 0 Å². The van der Waals surface area contributed by atoms with Gasteiger partial charge in [-0.05, 0) is 5.56 Å².